The minimum Gasteiger partial charge on any atom is -0.456 e. The zero-order valence-corrected chi connectivity index (χ0v) is 16.1. The van der Waals surface area contributed by atoms with Crippen molar-refractivity contribution in [3.8, 4) is 0 Å². The van der Waals surface area contributed by atoms with Gasteiger partial charge in [-0.3, -0.25) is 9.59 Å². The van der Waals surface area contributed by atoms with Gasteiger partial charge in [-0.2, -0.15) is 0 Å². The Labute approximate surface area is 164 Å². The summed E-state index contributed by atoms with van der Waals surface area (Å²) in [5, 5.41) is 2.82. The third-order valence-electron chi connectivity index (χ3n) is 6.71. The van der Waals surface area contributed by atoms with E-state index < -0.39 is 30.2 Å². The molecule has 0 radical (unpaired) electrons. The van der Waals surface area contributed by atoms with Crippen molar-refractivity contribution in [3.63, 3.8) is 0 Å². The number of rotatable bonds is 6. The van der Waals surface area contributed by atoms with Crippen LogP contribution in [-0.2, 0) is 14.3 Å². The zero-order valence-electron chi connectivity index (χ0n) is 16.1. The third-order valence-corrected chi connectivity index (χ3v) is 6.71. The molecular formula is C22H26FNO4. The Kier molecular flexibility index (Phi) is 4.98. The lowest BCUT2D eigenvalue weighted by Gasteiger charge is -2.55. The van der Waals surface area contributed by atoms with Crippen molar-refractivity contribution in [2.45, 2.75) is 51.5 Å². The molecule has 4 bridgehead atoms. The van der Waals surface area contributed by atoms with Gasteiger partial charge in [-0.25, -0.2) is 9.18 Å². The lowest BCUT2D eigenvalue weighted by Crippen LogP contribution is -2.56. The van der Waals surface area contributed by atoms with Crippen LogP contribution in [0.2, 0.25) is 0 Å². The molecule has 1 atom stereocenters. The molecule has 0 saturated heterocycles. The van der Waals surface area contributed by atoms with E-state index >= 15 is 0 Å². The van der Waals surface area contributed by atoms with Crippen LogP contribution in [0.15, 0.2) is 24.3 Å². The summed E-state index contributed by atoms with van der Waals surface area (Å²) >= 11 is 0. The number of Topliss-reactive ketones (excluding diaryl/α,β-unsaturated/α-hetero) is 1. The lowest BCUT2D eigenvalue weighted by molar-refractivity contribution is -0.153. The summed E-state index contributed by atoms with van der Waals surface area (Å²) in [5.41, 5.74) is -0.182. The Morgan fingerprint density at radius 2 is 1.75 bits per heavy atom. The Morgan fingerprint density at radius 1 is 1.14 bits per heavy atom. The van der Waals surface area contributed by atoms with Gasteiger partial charge in [-0.05, 0) is 75.3 Å². The number of carbonyl (C=O) groups excluding carboxylic acids is 3. The van der Waals surface area contributed by atoms with Crippen LogP contribution in [0.4, 0.5) is 4.39 Å². The second-order valence-electron chi connectivity index (χ2n) is 8.93. The predicted molar refractivity (Wildman–Crippen MR) is 99.9 cm³/mol. The largest absolute Gasteiger partial charge is 0.456 e. The highest BCUT2D eigenvalue weighted by molar-refractivity contribution is 5.98. The lowest BCUT2D eigenvalue weighted by atomic mass is 9.49. The number of esters is 1. The van der Waals surface area contributed by atoms with Gasteiger partial charge < -0.3 is 10.1 Å². The molecule has 6 heteroatoms. The summed E-state index contributed by atoms with van der Waals surface area (Å²) in [6.07, 6.45) is 6.49. The van der Waals surface area contributed by atoms with E-state index in [1.54, 1.807) is 6.92 Å². The van der Waals surface area contributed by atoms with Crippen molar-refractivity contribution in [2.75, 3.05) is 6.61 Å². The summed E-state index contributed by atoms with van der Waals surface area (Å²) in [6.45, 7) is 1.10. The van der Waals surface area contributed by atoms with Gasteiger partial charge in [0.15, 0.2) is 12.4 Å². The first-order chi connectivity index (χ1) is 13.3. The van der Waals surface area contributed by atoms with Crippen molar-refractivity contribution < 1.29 is 23.5 Å². The standard InChI is InChI=1S/C22H26FNO4/c1-13(20(26)28-12-19(25)17-3-2-4-18(23)8-17)24-21(27)22-9-14-5-15(10-22)7-16(6-14)11-22/h2-4,8,13-16H,5-7,9-12H2,1H3,(H,24,27)/t13-,14?,15?,16?,22?/m0/s1. The number of nitrogens with one attached hydrogen (secondary N) is 1. The first-order valence-electron chi connectivity index (χ1n) is 10.1. The van der Waals surface area contributed by atoms with Gasteiger partial charge in [0.25, 0.3) is 0 Å². The van der Waals surface area contributed by atoms with Crippen LogP contribution >= 0.6 is 0 Å². The molecule has 0 aliphatic heterocycles. The first-order valence-corrected chi connectivity index (χ1v) is 10.1. The number of ketones is 1. The molecular weight excluding hydrogens is 361 g/mol. The van der Waals surface area contributed by atoms with Gasteiger partial charge in [-0.15, -0.1) is 0 Å². The van der Waals surface area contributed by atoms with E-state index in [1.807, 2.05) is 0 Å². The molecule has 4 saturated carbocycles. The number of carbonyl (C=O) groups is 3. The van der Waals surface area contributed by atoms with E-state index in [4.69, 9.17) is 4.74 Å². The van der Waals surface area contributed by atoms with Crippen LogP contribution in [0.25, 0.3) is 0 Å². The van der Waals surface area contributed by atoms with Crippen LogP contribution in [0.3, 0.4) is 0 Å². The van der Waals surface area contributed by atoms with Crippen molar-refractivity contribution in [1.82, 2.24) is 5.32 Å². The summed E-state index contributed by atoms with van der Waals surface area (Å²) in [6, 6.07) is 4.43. The second-order valence-corrected chi connectivity index (χ2v) is 8.93. The van der Waals surface area contributed by atoms with Crippen molar-refractivity contribution >= 4 is 17.7 Å². The SMILES string of the molecule is C[C@H](NC(=O)C12CC3CC(CC(C3)C1)C2)C(=O)OCC(=O)c1cccc(F)c1. The fraction of sp³-hybridized carbons (Fsp3) is 0.591. The van der Waals surface area contributed by atoms with Gasteiger partial charge in [-0.1, -0.05) is 12.1 Å². The molecule has 4 aliphatic rings. The molecule has 0 heterocycles. The fourth-order valence-electron chi connectivity index (χ4n) is 5.80. The molecule has 1 aromatic rings. The number of hydrogen-bond acceptors (Lipinski definition) is 4. The van der Waals surface area contributed by atoms with E-state index in [9.17, 15) is 18.8 Å². The Bertz CT molecular complexity index is 770. The zero-order chi connectivity index (χ0) is 19.9. The summed E-state index contributed by atoms with van der Waals surface area (Å²) < 4.78 is 18.3. The molecule has 28 heavy (non-hydrogen) atoms. The molecule has 1 amide bonds. The fourth-order valence-corrected chi connectivity index (χ4v) is 5.80. The summed E-state index contributed by atoms with van der Waals surface area (Å²) in [5.74, 6) is 0.227. The minimum absolute atomic E-state index is 0.0486. The average molecular weight is 387 g/mol. The quantitative estimate of drug-likeness (QED) is 0.601. The highest BCUT2D eigenvalue weighted by Crippen LogP contribution is 2.60. The molecule has 0 unspecified atom stereocenters. The van der Waals surface area contributed by atoms with Crippen molar-refractivity contribution in [1.29, 1.82) is 0 Å². The molecule has 150 valence electrons. The first kappa shape index (κ1) is 19.1. The van der Waals surface area contributed by atoms with E-state index in [1.165, 1.54) is 37.5 Å². The number of hydrogen-bond donors (Lipinski definition) is 1. The molecule has 5 nitrogen and oxygen atoms in total. The maximum Gasteiger partial charge on any atom is 0.328 e. The van der Waals surface area contributed by atoms with E-state index in [2.05, 4.69) is 5.32 Å². The van der Waals surface area contributed by atoms with Crippen LogP contribution in [0.1, 0.15) is 55.8 Å². The van der Waals surface area contributed by atoms with Crippen molar-refractivity contribution in [2.24, 2.45) is 23.2 Å². The third kappa shape index (κ3) is 3.69. The number of ether oxygens (including phenoxy) is 1. The van der Waals surface area contributed by atoms with Crippen LogP contribution in [-0.4, -0.2) is 30.3 Å². The number of amides is 1. The van der Waals surface area contributed by atoms with Gasteiger partial charge in [0.1, 0.15) is 11.9 Å². The Balaban J connectivity index is 1.31. The van der Waals surface area contributed by atoms with E-state index in [0.717, 1.165) is 25.3 Å². The van der Waals surface area contributed by atoms with Crippen LogP contribution in [0, 0.1) is 29.0 Å². The molecule has 1 N–H and O–H groups in total. The molecule has 0 aromatic heterocycles. The van der Waals surface area contributed by atoms with E-state index in [0.29, 0.717) is 17.8 Å². The molecule has 5 rings (SSSR count). The minimum atomic E-state index is -0.819. The molecule has 4 fully saturated rings. The van der Waals surface area contributed by atoms with E-state index in [-0.39, 0.29) is 16.9 Å². The highest BCUT2D eigenvalue weighted by Gasteiger charge is 2.54. The van der Waals surface area contributed by atoms with Crippen LogP contribution in [0.5, 0.6) is 0 Å². The normalized spacial score (nSPS) is 31.3. The van der Waals surface area contributed by atoms with Gasteiger partial charge in [0, 0.05) is 11.0 Å². The maximum atomic E-state index is 13.2. The van der Waals surface area contributed by atoms with Crippen molar-refractivity contribution in [3.05, 3.63) is 35.6 Å². The molecule has 0 spiro atoms. The smallest absolute Gasteiger partial charge is 0.328 e. The number of halogens is 1. The van der Waals surface area contributed by atoms with Crippen LogP contribution < -0.4 is 5.32 Å². The summed E-state index contributed by atoms with van der Waals surface area (Å²) in [4.78, 5) is 37.3. The monoisotopic (exact) mass is 387 g/mol. The van der Waals surface area contributed by atoms with Gasteiger partial charge >= 0.3 is 5.97 Å². The molecule has 1 aromatic carbocycles. The Hall–Kier alpha value is -2.24. The molecule has 4 aliphatic carbocycles. The average Bonchev–Trinajstić information content (AvgIpc) is 2.64. The van der Waals surface area contributed by atoms with Gasteiger partial charge in [0.2, 0.25) is 5.91 Å². The van der Waals surface area contributed by atoms with Gasteiger partial charge in [0.05, 0.1) is 0 Å². The number of benzene rings is 1. The summed E-state index contributed by atoms with van der Waals surface area (Å²) in [7, 11) is 0. The maximum absolute atomic E-state index is 13.2. The Morgan fingerprint density at radius 3 is 2.32 bits per heavy atom. The topological polar surface area (TPSA) is 72.5 Å². The highest BCUT2D eigenvalue weighted by atomic mass is 19.1. The second kappa shape index (κ2) is 7.30. The predicted octanol–water partition coefficient (Wildman–Crippen LogP) is 3.27.